The van der Waals surface area contributed by atoms with Crippen molar-refractivity contribution in [1.29, 1.82) is 0 Å². The van der Waals surface area contributed by atoms with Crippen LogP contribution in [-0.4, -0.2) is 23.9 Å². The van der Waals surface area contributed by atoms with Gasteiger partial charge in [-0.3, -0.25) is 4.79 Å². The lowest BCUT2D eigenvalue weighted by atomic mass is 9.89. The molecule has 2 heteroatoms. The van der Waals surface area contributed by atoms with Gasteiger partial charge < -0.3 is 4.90 Å². The van der Waals surface area contributed by atoms with Crippen molar-refractivity contribution < 1.29 is 4.79 Å². The predicted molar refractivity (Wildman–Crippen MR) is 94.3 cm³/mol. The zero-order valence-electron chi connectivity index (χ0n) is 13.8. The van der Waals surface area contributed by atoms with Crippen LogP contribution in [0.2, 0.25) is 0 Å². The Hall–Kier alpha value is -2.09. The summed E-state index contributed by atoms with van der Waals surface area (Å²) in [6, 6.07) is 21.0. The van der Waals surface area contributed by atoms with Crippen LogP contribution in [0.25, 0.3) is 0 Å². The van der Waals surface area contributed by atoms with Gasteiger partial charge in [-0.25, -0.2) is 0 Å². The number of carbonyl (C=O) groups excluding carboxylic acids is 1. The van der Waals surface area contributed by atoms with Gasteiger partial charge in [-0.2, -0.15) is 0 Å². The van der Waals surface area contributed by atoms with Crippen molar-refractivity contribution in [1.82, 2.24) is 4.90 Å². The van der Waals surface area contributed by atoms with E-state index in [-0.39, 0.29) is 0 Å². The van der Waals surface area contributed by atoms with E-state index in [1.54, 1.807) is 0 Å². The molecule has 0 aliphatic carbocycles. The van der Waals surface area contributed by atoms with Gasteiger partial charge in [0.25, 0.3) is 0 Å². The third-order valence-corrected chi connectivity index (χ3v) is 4.86. The van der Waals surface area contributed by atoms with Crippen molar-refractivity contribution in [3.8, 4) is 0 Å². The molecular formula is C21H25NO. The maximum Gasteiger partial charge on any atom is 0.223 e. The fourth-order valence-corrected chi connectivity index (χ4v) is 3.41. The van der Waals surface area contributed by atoms with Crippen molar-refractivity contribution in [2.24, 2.45) is 5.92 Å². The fraction of sp³-hybridized carbons (Fsp3) is 0.381. The second-order valence-corrected chi connectivity index (χ2v) is 6.57. The van der Waals surface area contributed by atoms with Crippen LogP contribution in [0.15, 0.2) is 60.7 Å². The summed E-state index contributed by atoms with van der Waals surface area (Å²) >= 11 is 0. The summed E-state index contributed by atoms with van der Waals surface area (Å²) in [5.74, 6) is 1.28. The summed E-state index contributed by atoms with van der Waals surface area (Å²) in [5.41, 5.74) is 2.66. The van der Waals surface area contributed by atoms with Gasteiger partial charge >= 0.3 is 0 Å². The van der Waals surface area contributed by atoms with Crippen molar-refractivity contribution in [2.45, 2.75) is 32.1 Å². The van der Waals surface area contributed by atoms with Crippen LogP contribution < -0.4 is 0 Å². The maximum absolute atomic E-state index is 12.5. The summed E-state index contributed by atoms with van der Waals surface area (Å²) < 4.78 is 0. The summed E-state index contributed by atoms with van der Waals surface area (Å²) in [6.45, 7) is 4.00. The Balaban J connectivity index is 1.48. The largest absolute Gasteiger partial charge is 0.342 e. The molecule has 1 atom stereocenters. The molecule has 0 saturated carbocycles. The van der Waals surface area contributed by atoms with Crippen molar-refractivity contribution >= 4 is 5.91 Å². The molecule has 2 aromatic carbocycles. The molecule has 2 aromatic rings. The molecule has 1 fully saturated rings. The third kappa shape index (κ3) is 4.01. The molecule has 3 rings (SSSR count). The van der Waals surface area contributed by atoms with Crippen molar-refractivity contribution in [3.05, 3.63) is 71.8 Å². The Morgan fingerprint density at radius 1 is 1.04 bits per heavy atom. The lowest BCUT2D eigenvalue weighted by Gasteiger charge is -2.40. The first-order valence-corrected chi connectivity index (χ1v) is 8.63. The molecule has 1 aliphatic heterocycles. The highest BCUT2D eigenvalue weighted by molar-refractivity contribution is 5.78. The van der Waals surface area contributed by atoms with Crippen LogP contribution in [0.5, 0.6) is 0 Å². The number of nitrogens with zero attached hydrogens (tertiary/aromatic N) is 1. The molecule has 0 spiro atoms. The lowest BCUT2D eigenvalue weighted by molar-refractivity contribution is -0.137. The van der Waals surface area contributed by atoms with Crippen LogP contribution in [0.1, 0.15) is 36.8 Å². The average molecular weight is 307 g/mol. The maximum atomic E-state index is 12.5. The Morgan fingerprint density at radius 2 is 1.65 bits per heavy atom. The monoisotopic (exact) mass is 307 g/mol. The van der Waals surface area contributed by atoms with E-state index < -0.39 is 0 Å². The second-order valence-electron chi connectivity index (χ2n) is 6.57. The molecule has 1 unspecified atom stereocenters. The molecule has 2 nitrogen and oxygen atoms in total. The SMILES string of the molecule is CCC(CC(=O)N1CC(Cc2ccccc2)C1)c1ccccc1. The van der Waals surface area contributed by atoms with Crippen molar-refractivity contribution in [3.63, 3.8) is 0 Å². The number of hydrogen-bond donors (Lipinski definition) is 0. The molecule has 120 valence electrons. The number of rotatable bonds is 6. The van der Waals surface area contributed by atoms with Gasteiger partial charge in [0.05, 0.1) is 0 Å². The number of hydrogen-bond acceptors (Lipinski definition) is 1. The molecular weight excluding hydrogens is 282 g/mol. The minimum atomic E-state index is 0.310. The number of benzene rings is 2. The molecule has 0 radical (unpaired) electrons. The highest BCUT2D eigenvalue weighted by Crippen LogP contribution is 2.27. The van der Waals surface area contributed by atoms with E-state index in [4.69, 9.17) is 0 Å². The minimum Gasteiger partial charge on any atom is -0.342 e. The third-order valence-electron chi connectivity index (χ3n) is 4.86. The first-order chi connectivity index (χ1) is 11.3. The summed E-state index contributed by atoms with van der Waals surface area (Å²) in [7, 11) is 0. The van der Waals surface area contributed by atoms with E-state index in [0.717, 1.165) is 25.9 Å². The van der Waals surface area contributed by atoms with Crippen LogP contribution >= 0.6 is 0 Å². The van der Waals surface area contributed by atoms with E-state index in [9.17, 15) is 4.79 Å². The van der Waals surface area contributed by atoms with Gasteiger partial charge in [0, 0.05) is 19.5 Å². The first-order valence-electron chi connectivity index (χ1n) is 8.63. The first kappa shape index (κ1) is 15.8. The van der Waals surface area contributed by atoms with Crippen LogP contribution in [0.3, 0.4) is 0 Å². The zero-order valence-corrected chi connectivity index (χ0v) is 13.8. The van der Waals surface area contributed by atoms with E-state index in [0.29, 0.717) is 24.2 Å². The van der Waals surface area contributed by atoms with Gasteiger partial charge in [0.1, 0.15) is 0 Å². The Kier molecular flexibility index (Phi) is 5.12. The van der Waals surface area contributed by atoms with E-state index in [2.05, 4.69) is 61.5 Å². The van der Waals surface area contributed by atoms with Crippen LogP contribution in [0, 0.1) is 5.92 Å². The standard InChI is InChI=1S/C21H25NO/c1-2-19(20-11-7-4-8-12-20)14-21(23)22-15-18(16-22)13-17-9-5-3-6-10-17/h3-12,18-19H,2,13-16H2,1H3. The molecule has 1 heterocycles. The fourth-order valence-electron chi connectivity index (χ4n) is 3.41. The minimum absolute atomic E-state index is 0.310. The lowest BCUT2D eigenvalue weighted by Crippen LogP contribution is -2.51. The molecule has 1 amide bonds. The van der Waals surface area contributed by atoms with Crippen LogP contribution in [-0.2, 0) is 11.2 Å². The predicted octanol–water partition coefficient (Wildman–Crippen LogP) is 4.27. The summed E-state index contributed by atoms with van der Waals surface area (Å²) in [6.07, 6.45) is 2.73. The molecule has 23 heavy (non-hydrogen) atoms. The number of amides is 1. The zero-order chi connectivity index (χ0) is 16.1. The van der Waals surface area contributed by atoms with Crippen LogP contribution in [0.4, 0.5) is 0 Å². The molecule has 0 N–H and O–H groups in total. The van der Waals surface area contributed by atoms with Gasteiger partial charge in [-0.15, -0.1) is 0 Å². The number of carbonyl (C=O) groups is 1. The van der Waals surface area contributed by atoms with E-state index in [1.165, 1.54) is 11.1 Å². The quantitative estimate of drug-likeness (QED) is 0.780. The molecule has 0 aromatic heterocycles. The summed E-state index contributed by atoms with van der Waals surface area (Å²) in [4.78, 5) is 14.5. The second kappa shape index (κ2) is 7.45. The normalized spacial score (nSPS) is 16.0. The highest BCUT2D eigenvalue weighted by Gasteiger charge is 2.31. The Morgan fingerprint density at radius 3 is 2.26 bits per heavy atom. The average Bonchev–Trinajstić information content (AvgIpc) is 2.57. The van der Waals surface area contributed by atoms with Gasteiger partial charge in [0.15, 0.2) is 0 Å². The molecule has 1 saturated heterocycles. The molecule has 0 bridgehead atoms. The van der Waals surface area contributed by atoms with Gasteiger partial charge in [0.2, 0.25) is 5.91 Å². The van der Waals surface area contributed by atoms with Gasteiger partial charge in [-0.1, -0.05) is 67.6 Å². The van der Waals surface area contributed by atoms with Crippen molar-refractivity contribution in [2.75, 3.05) is 13.1 Å². The Labute approximate surface area is 139 Å². The molecule has 1 aliphatic rings. The van der Waals surface area contributed by atoms with E-state index in [1.807, 2.05) is 11.0 Å². The van der Waals surface area contributed by atoms with Gasteiger partial charge in [-0.05, 0) is 35.8 Å². The van der Waals surface area contributed by atoms with E-state index >= 15 is 0 Å². The smallest absolute Gasteiger partial charge is 0.223 e. The highest BCUT2D eigenvalue weighted by atomic mass is 16.2. The topological polar surface area (TPSA) is 20.3 Å². The number of likely N-dealkylation sites (tertiary alicyclic amines) is 1. The summed E-state index contributed by atoms with van der Waals surface area (Å²) in [5, 5.41) is 0. The Bertz CT molecular complexity index is 617.